The molecule has 2 unspecified atom stereocenters. The van der Waals surface area contributed by atoms with Crippen molar-refractivity contribution in [3.63, 3.8) is 0 Å². The number of carboxylic acids is 2. The summed E-state index contributed by atoms with van der Waals surface area (Å²) in [5.74, 6) is -3.56. The van der Waals surface area contributed by atoms with E-state index in [-0.39, 0.29) is 13.1 Å². The molecule has 6 heteroatoms. The number of carboxylic acid groups (broad SMARTS) is 2. The number of carbonyl (C=O) groups is 2. The second-order valence-corrected chi connectivity index (χ2v) is 3.92. The van der Waals surface area contributed by atoms with Crippen molar-refractivity contribution in [1.82, 2.24) is 0 Å². The molecule has 1 aromatic carbocycles. The highest BCUT2D eigenvalue weighted by molar-refractivity contribution is 5.78. The third-order valence-electron chi connectivity index (χ3n) is 2.81. The van der Waals surface area contributed by atoms with E-state index in [1.165, 1.54) is 0 Å². The highest BCUT2D eigenvalue weighted by atomic mass is 16.4. The maximum Gasteiger partial charge on any atom is 0.312 e. The topological polar surface area (TPSA) is 127 Å². The molecule has 0 bridgehead atoms. The Labute approximate surface area is 104 Å². The number of rotatable bonds is 6. The molecule has 6 nitrogen and oxygen atoms in total. The molecule has 6 N–H and O–H groups in total. The zero-order chi connectivity index (χ0) is 13.7. The standard InChI is InChI=1S/C12H16N2O4/c13-5-9(11(15)16)7-1-2-8(4-3-7)10(6-14)12(17)18/h1-4,9-10H,5-6,13-14H2,(H,15,16)(H,17,18). The summed E-state index contributed by atoms with van der Waals surface area (Å²) in [6.45, 7) is -0.0120. The Morgan fingerprint density at radius 2 is 1.17 bits per heavy atom. The van der Waals surface area contributed by atoms with E-state index in [1.807, 2.05) is 0 Å². The van der Waals surface area contributed by atoms with Crippen molar-refractivity contribution in [3.05, 3.63) is 35.4 Å². The van der Waals surface area contributed by atoms with Gasteiger partial charge in [0.15, 0.2) is 0 Å². The van der Waals surface area contributed by atoms with Crippen LogP contribution in [0.3, 0.4) is 0 Å². The van der Waals surface area contributed by atoms with Crippen LogP contribution in [0, 0.1) is 0 Å². The van der Waals surface area contributed by atoms with Crippen LogP contribution in [-0.4, -0.2) is 35.2 Å². The van der Waals surface area contributed by atoms with Crippen molar-refractivity contribution in [3.8, 4) is 0 Å². The summed E-state index contributed by atoms with van der Waals surface area (Å²) in [6.07, 6.45) is 0. The van der Waals surface area contributed by atoms with Crippen LogP contribution in [0.5, 0.6) is 0 Å². The van der Waals surface area contributed by atoms with E-state index in [1.54, 1.807) is 24.3 Å². The smallest absolute Gasteiger partial charge is 0.312 e. The molecule has 0 radical (unpaired) electrons. The zero-order valence-electron chi connectivity index (χ0n) is 9.74. The van der Waals surface area contributed by atoms with E-state index in [2.05, 4.69) is 0 Å². The van der Waals surface area contributed by atoms with Gasteiger partial charge in [-0.2, -0.15) is 0 Å². The van der Waals surface area contributed by atoms with Gasteiger partial charge in [0, 0.05) is 13.1 Å². The Kier molecular flexibility index (Phi) is 4.82. The lowest BCUT2D eigenvalue weighted by atomic mass is 9.94. The number of hydrogen-bond donors (Lipinski definition) is 4. The van der Waals surface area contributed by atoms with Gasteiger partial charge in [0.2, 0.25) is 0 Å². The third kappa shape index (κ3) is 3.06. The van der Waals surface area contributed by atoms with Crippen LogP contribution in [0.15, 0.2) is 24.3 Å². The van der Waals surface area contributed by atoms with Gasteiger partial charge in [-0.25, -0.2) is 0 Å². The van der Waals surface area contributed by atoms with Crippen LogP contribution >= 0.6 is 0 Å². The molecule has 2 atom stereocenters. The number of benzene rings is 1. The normalized spacial score (nSPS) is 13.9. The van der Waals surface area contributed by atoms with Crippen LogP contribution in [0.1, 0.15) is 23.0 Å². The van der Waals surface area contributed by atoms with Crippen molar-refractivity contribution in [2.75, 3.05) is 13.1 Å². The molecule has 0 amide bonds. The van der Waals surface area contributed by atoms with E-state index >= 15 is 0 Å². The van der Waals surface area contributed by atoms with Gasteiger partial charge in [-0.3, -0.25) is 9.59 Å². The summed E-state index contributed by atoms with van der Waals surface area (Å²) in [7, 11) is 0. The molecule has 0 saturated heterocycles. The predicted octanol–water partition coefficient (Wildman–Crippen LogP) is -0.0596. The van der Waals surface area contributed by atoms with Crippen LogP contribution in [0.4, 0.5) is 0 Å². The zero-order valence-corrected chi connectivity index (χ0v) is 9.74. The first kappa shape index (κ1) is 14.1. The first-order valence-electron chi connectivity index (χ1n) is 5.46. The van der Waals surface area contributed by atoms with Gasteiger partial charge in [-0.15, -0.1) is 0 Å². The summed E-state index contributed by atoms with van der Waals surface area (Å²) >= 11 is 0. The van der Waals surface area contributed by atoms with Crippen LogP contribution in [0.25, 0.3) is 0 Å². The number of hydrogen-bond acceptors (Lipinski definition) is 4. The lowest BCUT2D eigenvalue weighted by molar-refractivity contribution is -0.139. The fraction of sp³-hybridized carbons (Fsp3) is 0.333. The molecule has 0 aliphatic rings. The summed E-state index contributed by atoms with van der Waals surface area (Å²) in [5.41, 5.74) is 11.9. The van der Waals surface area contributed by atoms with E-state index in [0.717, 1.165) is 0 Å². The summed E-state index contributed by atoms with van der Waals surface area (Å²) in [6, 6.07) is 6.30. The molecule has 1 aromatic rings. The fourth-order valence-electron chi connectivity index (χ4n) is 1.72. The number of nitrogens with two attached hydrogens (primary N) is 2. The molecule has 18 heavy (non-hydrogen) atoms. The lowest BCUT2D eigenvalue weighted by Crippen LogP contribution is -2.22. The van der Waals surface area contributed by atoms with E-state index in [4.69, 9.17) is 21.7 Å². The van der Waals surface area contributed by atoms with E-state index in [0.29, 0.717) is 11.1 Å². The Morgan fingerprint density at radius 3 is 1.33 bits per heavy atom. The Hall–Kier alpha value is -1.92. The minimum Gasteiger partial charge on any atom is -0.481 e. The van der Waals surface area contributed by atoms with Crippen LogP contribution < -0.4 is 11.5 Å². The number of aliphatic carboxylic acids is 2. The molecule has 0 aromatic heterocycles. The summed E-state index contributed by atoms with van der Waals surface area (Å²) in [4.78, 5) is 21.8. The SMILES string of the molecule is NCC(C(=O)O)c1ccc(C(CN)C(=O)O)cc1. The van der Waals surface area contributed by atoms with Crippen molar-refractivity contribution in [2.45, 2.75) is 11.8 Å². The van der Waals surface area contributed by atoms with Crippen molar-refractivity contribution in [1.29, 1.82) is 0 Å². The van der Waals surface area contributed by atoms with Crippen molar-refractivity contribution < 1.29 is 19.8 Å². The summed E-state index contributed by atoms with van der Waals surface area (Å²) < 4.78 is 0. The maximum absolute atomic E-state index is 10.9. The van der Waals surface area contributed by atoms with Gasteiger partial charge in [-0.05, 0) is 11.1 Å². The Bertz CT molecular complexity index is 389. The highest BCUT2D eigenvalue weighted by Gasteiger charge is 2.20. The van der Waals surface area contributed by atoms with Crippen molar-refractivity contribution in [2.24, 2.45) is 11.5 Å². The molecular formula is C12H16N2O4. The van der Waals surface area contributed by atoms with Gasteiger partial charge < -0.3 is 21.7 Å². The fourth-order valence-corrected chi connectivity index (χ4v) is 1.72. The van der Waals surface area contributed by atoms with Gasteiger partial charge in [0.05, 0.1) is 11.8 Å². The monoisotopic (exact) mass is 252 g/mol. The Balaban J connectivity index is 2.98. The molecule has 1 rings (SSSR count). The highest BCUT2D eigenvalue weighted by Crippen LogP contribution is 2.20. The van der Waals surface area contributed by atoms with Gasteiger partial charge in [-0.1, -0.05) is 24.3 Å². The predicted molar refractivity (Wildman–Crippen MR) is 65.3 cm³/mol. The first-order valence-corrected chi connectivity index (χ1v) is 5.46. The third-order valence-corrected chi connectivity index (χ3v) is 2.81. The minimum absolute atomic E-state index is 0.00602. The molecule has 0 saturated carbocycles. The average molecular weight is 252 g/mol. The quantitative estimate of drug-likeness (QED) is 0.561. The summed E-state index contributed by atoms with van der Waals surface area (Å²) in [5, 5.41) is 17.9. The van der Waals surface area contributed by atoms with E-state index in [9.17, 15) is 9.59 Å². The molecule has 0 spiro atoms. The molecule has 0 heterocycles. The molecule has 0 fully saturated rings. The van der Waals surface area contributed by atoms with Gasteiger partial charge in [0.25, 0.3) is 0 Å². The second kappa shape index (κ2) is 6.13. The van der Waals surface area contributed by atoms with Crippen molar-refractivity contribution >= 4 is 11.9 Å². The van der Waals surface area contributed by atoms with Crippen LogP contribution in [-0.2, 0) is 9.59 Å². The molecule has 98 valence electrons. The van der Waals surface area contributed by atoms with Gasteiger partial charge in [0.1, 0.15) is 0 Å². The molecule has 0 aliphatic heterocycles. The molecular weight excluding hydrogens is 236 g/mol. The Morgan fingerprint density at radius 1 is 0.889 bits per heavy atom. The first-order chi connectivity index (χ1) is 8.51. The maximum atomic E-state index is 10.9. The van der Waals surface area contributed by atoms with Gasteiger partial charge >= 0.3 is 11.9 Å². The molecule has 0 aliphatic carbocycles. The largest absolute Gasteiger partial charge is 0.481 e. The van der Waals surface area contributed by atoms with Crippen LogP contribution in [0.2, 0.25) is 0 Å². The minimum atomic E-state index is -1.00. The average Bonchev–Trinajstić information content (AvgIpc) is 2.32. The lowest BCUT2D eigenvalue weighted by Gasteiger charge is -2.13. The van der Waals surface area contributed by atoms with E-state index < -0.39 is 23.8 Å². The second-order valence-electron chi connectivity index (χ2n) is 3.92.